The Morgan fingerprint density at radius 2 is 2.07 bits per heavy atom. The lowest BCUT2D eigenvalue weighted by molar-refractivity contribution is -0.139. The van der Waals surface area contributed by atoms with E-state index in [4.69, 9.17) is 19.5 Å². The average molecular weight is 417 g/mol. The minimum Gasteiger partial charge on any atom is -0.493 e. The van der Waals surface area contributed by atoms with Crippen molar-refractivity contribution in [3.05, 3.63) is 28.7 Å². The van der Waals surface area contributed by atoms with Gasteiger partial charge in [-0.3, -0.25) is 19.3 Å². The number of carbonyl (C=O) groups is 3. The van der Waals surface area contributed by atoms with Gasteiger partial charge in [0, 0.05) is 13.1 Å². The maximum absolute atomic E-state index is 12.6. The van der Waals surface area contributed by atoms with Crippen LogP contribution in [0.4, 0.5) is 4.79 Å². The zero-order valence-electron chi connectivity index (χ0n) is 15.8. The van der Waals surface area contributed by atoms with Gasteiger partial charge in [0.15, 0.2) is 18.1 Å². The van der Waals surface area contributed by atoms with Gasteiger partial charge in [-0.05, 0) is 35.5 Å². The van der Waals surface area contributed by atoms with Gasteiger partial charge < -0.3 is 19.1 Å². The van der Waals surface area contributed by atoms with Crippen molar-refractivity contribution in [2.24, 2.45) is 0 Å². The SMILES string of the molecule is COc1cc(/C=C2\SC(=O)N(CC(=O)N3CCOCC3)C2=O)ccc1OCC#N. The fraction of sp³-hybridized carbons (Fsp3) is 0.368. The number of benzene rings is 1. The van der Waals surface area contributed by atoms with Gasteiger partial charge in [0.1, 0.15) is 12.6 Å². The highest BCUT2D eigenvalue weighted by Crippen LogP contribution is 2.34. The lowest BCUT2D eigenvalue weighted by Gasteiger charge is -2.28. The van der Waals surface area contributed by atoms with Crippen molar-refractivity contribution >= 4 is 34.9 Å². The molecule has 1 aromatic carbocycles. The standard InChI is InChI=1S/C19H19N3O6S/c1-26-15-10-13(2-3-14(15)28-7-4-20)11-16-18(24)22(19(25)29-16)12-17(23)21-5-8-27-9-6-21/h2-3,10-11H,5-9,12H2,1H3/b16-11-. The number of nitriles is 1. The first kappa shape index (κ1) is 20.7. The molecule has 152 valence electrons. The van der Waals surface area contributed by atoms with E-state index in [0.717, 1.165) is 16.7 Å². The van der Waals surface area contributed by atoms with Gasteiger partial charge in [0.25, 0.3) is 11.1 Å². The molecular weight excluding hydrogens is 398 g/mol. The van der Waals surface area contributed by atoms with Crippen LogP contribution in [-0.2, 0) is 14.3 Å². The lowest BCUT2D eigenvalue weighted by Crippen LogP contribution is -2.46. The van der Waals surface area contributed by atoms with Crippen molar-refractivity contribution in [3.63, 3.8) is 0 Å². The Balaban J connectivity index is 1.72. The maximum Gasteiger partial charge on any atom is 0.294 e. The fourth-order valence-electron chi connectivity index (χ4n) is 2.84. The van der Waals surface area contributed by atoms with E-state index in [1.807, 2.05) is 6.07 Å². The minimum absolute atomic E-state index is 0.119. The Bertz CT molecular complexity index is 888. The summed E-state index contributed by atoms with van der Waals surface area (Å²) in [6.07, 6.45) is 1.56. The number of carbonyl (C=O) groups excluding carboxylic acids is 3. The number of morpholine rings is 1. The quantitative estimate of drug-likeness (QED) is 0.641. The van der Waals surface area contributed by atoms with Gasteiger partial charge >= 0.3 is 0 Å². The monoisotopic (exact) mass is 417 g/mol. The summed E-state index contributed by atoms with van der Waals surface area (Å²) in [6.45, 7) is 1.39. The van der Waals surface area contributed by atoms with Crippen LogP contribution in [0.1, 0.15) is 5.56 Å². The number of imide groups is 1. The summed E-state index contributed by atoms with van der Waals surface area (Å²) in [4.78, 5) is 40.0. The molecule has 29 heavy (non-hydrogen) atoms. The van der Waals surface area contributed by atoms with Crippen molar-refractivity contribution < 1.29 is 28.6 Å². The number of amides is 3. The van der Waals surface area contributed by atoms with Gasteiger partial charge in [-0.25, -0.2) is 0 Å². The van der Waals surface area contributed by atoms with Crippen molar-refractivity contribution in [1.29, 1.82) is 5.26 Å². The topological polar surface area (TPSA) is 109 Å². The van der Waals surface area contributed by atoms with E-state index in [1.54, 1.807) is 29.2 Å². The molecule has 0 aromatic heterocycles. The molecule has 3 rings (SSSR count). The Morgan fingerprint density at radius 1 is 1.31 bits per heavy atom. The largest absolute Gasteiger partial charge is 0.493 e. The van der Waals surface area contributed by atoms with Crippen LogP contribution in [0.15, 0.2) is 23.1 Å². The van der Waals surface area contributed by atoms with E-state index in [1.165, 1.54) is 7.11 Å². The molecule has 2 aliphatic rings. The number of ether oxygens (including phenoxy) is 3. The summed E-state index contributed by atoms with van der Waals surface area (Å²) in [5.74, 6) is 0.00836. The highest BCUT2D eigenvalue weighted by atomic mass is 32.2. The van der Waals surface area contributed by atoms with Gasteiger partial charge in [-0.1, -0.05) is 6.07 Å². The van der Waals surface area contributed by atoms with Crippen LogP contribution in [-0.4, -0.2) is 73.4 Å². The second kappa shape index (κ2) is 9.45. The van der Waals surface area contributed by atoms with Crippen LogP contribution in [0.2, 0.25) is 0 Å². The summed E-state index contributed by atoms with van der Waals surface area (Å²) in [6, 6.07) is 6.82. The average Bonchev–Trinajstić information content (AvgIpc) is 3.00. The van der Waals surface area contributed by atoms with Crippen molar-refractivity contribution in [3.8, 4) is 17.6 Å². The smallest absolute Gasteiger partial charge is 0.294 e. The van der Waals surface area contributed by atoms with E-state index in [9.17, 15) is 14.4 Å². The molecule has 0 aliphatic carbocycles. The Morgan fingerprint density at radius 3 is 2.76 bits per heavy atom. The van der Waals surface area contributed by atoms with E-state index in [2.05, 4.69) is 0 Å². The third-order valence-electron chi connectivity index (χ3n) is 4.31. The van der Waals surface area contributed by atoms with E-state index in [0.29, 0.717) is 43.4 Å². The highest BCUT2D eigenvalue weighted by molar-refractivity contribution is 8.18. The van der Waals surface area contributed by atoms with Crippen molar-refractivity contribution in [2.75, 3.05) is 46.6 Å². The molecule has 0 atom stereocenters. The first-order valence-corrected chi connectivity index (χ1v) is 9.64. The molecule has 0 saturated carbocycles. The van der Waals surface area contributed by atoms with E-state index in [-0.39, 0.29) is 24.0 Å². The molecule has 3 amide bonds. The molecule has 0 N–H and O–H groups in total. The zero-order valence-corrected chi connectivity index (χ0v) is 16.6. The number of rotatable bonds is 6. The third-order valence-corrected chi connectivity index (χ3v) is 5.22. The maximum atomic E-state index is 12.6. The van der Waals surface area contributed by atoms with Crippen LogP contribution in [0.25, 0.3) is 6.08 Å². The highest BCUT2D eigenvalue weighted by Gasteiger charge is 2.37. The first-order chi connectivity index (χ1) is 14.0. The van der Waals surface area contributed by atoms with Gasteiger partial charge in [0.05, 0.1) is 25.2 Å². The van der Waals surface area contributed by atoms with Gasteiger partial charge in [-0.15, -0.1) is 0 Å². The van der Waals surface area contributed by atoms with Gasteiger partial charge in [0.2, 0.25) is 5.91 Å². The normalized spacial score (nSPS) is 18.1. The van der Waals surface area contributed by atoms with Crippen LogP contribution in [0, 0.1) is 11.3 Å². The number of methoxy groups -OCH3 is 1. The number of nitrogens with zero attached hydrogens (tertiary/aromatic N) is 3. The lowest BCUT2D eigenvalue weighted by atomic mass is 10.2. The van der Waals surface area contributed by atoms with Crippen LogP contribution in [0.5, 0.6) is 11.5 Å². The third kappa shape index (κ3) is 4.88. The molecule has 2 fully saturated rings. The van der Waals surface area contributed by atoms with Crippen molar-refractivity contribution in [2.45, 2.75) is 0 Å². The number of thioether (sulfide) groups is 1. The summed E-state index contributed by atoms with van der Waals surface area (Å²) >= 11 is 0.785. The fourth-order valence-corrected chi connectivity index (χ4v) is 3.68. The molecule has 0 spiro atoms. The molecule has 10 heteroatoms. The molecule has 0 bridgehead atoms. The second-order valence-electron chi connectivity index (χ2n) is 6.12. The molecule has 2 saturated heterocycles. The van der Waals surface area contributed by atoms with Crippen LogP contribution in [0.3, 0.4) is 0 Å². The zero-order chi connectivity index (χ0) is 20.8. The predicted octanol–water partition coefficient (Wildman–Crippen LogP) is 1.49. The minimum atomic E-state index is -0.509. The molecule has 0 unspecified atom stereocenters. The van der Waals surface area contributed by atoms with E-state index < -0.39 is 11.1 Å². The Hall–Kier alpha value is -3.03. The number of hydrogen-bond acceptors (Lipinski definition) is 8. The summed E-state index contributed by atoms with van der Waals surface area (Å²) < 4.78 is 15.7. The van der Waals surface area contributed by atoms with Crippen LogP contribution < -0.4 is 9.47 Å². The predicted molar refractivity (Wildman–Crippen MR) is 104 cm³/mol. The summed E-state index contributed by atoms with van der Waals surface area (Å²) in [5, 5.41) is 8.14. The Kier molecular flexibility index (Phi) is 6.74. The molecule has 2 heterocycles. The summed E-state index contributed by atoms with van der Waals surface area (Å²) in [7, 11) is 1.46. The van der Waals surface area contributed by atoms with Gasteiger partial charge in [-0.2, -0.15) is 5.26 Å². The van der Waals surface area contributed by atoms with E-state index >= 15 is 0 Å². The molecule has 9 nitrogen and oxygen atoms in total. The summed E-state index contributed by atoms with van der Waals surface area (Å²) in [5.41, 5.74) is 0.621. The Labute approximate surface area is 171 Å². The molecule has 2 aliphatic heterocycles. The van der Waals surface area contributed by atoms with Crippen molar-refractivity contribution in [1.82, 2.24) is 9.80 Å². The molecule has 1 aromatic rings. The number of hydrogen-bond donors (Lipinski definition) is 0. The molecular formula is C19H19N3O6S. The molecule has 0 radical (unpaired) electrons. The van der Waals surface area contributed by atoms with Crippen LogP contribution >= 0.6 is 11.8 Å². The first-order valence-electron chi connectivity index (χ1n) is 8.82. The second-order valence-corrected chi connectivity index (χ2v) is 7.11.